The molecule has 10 nitrogen and oxygen atoms in total. The zero-order valence-corrected chi connectivity index (χ0v) is 16.5. The quantitative estimate of drug-likeness (QED) is 0.593. The molecule has 0 saturated carbocycles. The van der Waals surface area contributed by atoms with Crippen LogP contribution in [0.4, 0.5) is 11.4 Å². The molecule has 1 aliphatic rings. The van der Waals surface area contributed by atoms with Crippen molar-refractivity contribution < 1.29 is 19.1 Å². The van der Waals surface area contributed by atoms with E-state index in [1.165, 1.54) is 24.0 Å². The number of ether oxygens (including phenoxy) is 1. The second-order valence-corrected chi connectivity index (χ2v) is 7.00. The van der Waals surface area contributed by atoms with Crippen molar-refractivity contribution in [1.82, 2.24) is 9.78 Å². The van der Waals surface area contributed by atoms with E-state index in [9.17, 15) is 24.0 Å². The van der Waals surface area contributed by atoms with Gasteiger partial charge in [0.05, 0.1) is 22.1 Å². The highest BCUT2D eigenvalue weighted by atomic mass is 16.5. The average Bonchev–Trinajstić information content (AvgIpc) is 2.76. The number of carbonyl (C=O) groups excluding carboxylic acids is 3. The van der Waals surface area contributed by atoms with E-state index in [4.69, 9.17) is 4.74 Å². The van der Waals surface area contributed by atoms with Crippen LogP contribution in [0.15, 0.2) is 58.1 Å². The summed E-state index contributed by atoms with van der Waals surface area (Å²) in [5.41, 5.74) is -0.119. The Morgan fingerprint density at radius 3 is 2.48 bits per heavy atom. The largest absolute Gasteiger partial charge is 0.451 e. The van der Waals surface area contributed by atoms with E-state index in [2.05, 4.69) is 10.4 Å². The maximum Gasteiger partial charge on any atom is 0.328 e. The van der Waals surface area contributed by atoms with Crippen LogP contribution in [-0.4, -0.2) is 40.2 Å². The maximum absolute atomic E-state index is 12.8. The van der Waals surface area contributed by atoms with Gasteiger partial charge in [0.25, 0.3) is 17.0 Å². The van der Waals surface area contributed by atoms with Gasteiger partial charge in [0.2, 0.25) is 5.91 Å². The van der Waals surface area contributed by atoms with Gasteiger partial charge in [-0.1, -0.05) is 24.3 Å². The van der Waals surface area contributed by atoms with Crippen LogP contribution in [0.3, 0.4) is 0 Å². The smallest absolute Gasteiger partial charge is 0.328 e. The van der Waals surface area contributed by atoms with E-state index in [0.29, 0.717) is 11.4 Å². The number of nitrogens with one attached hydrogen (secondary N) is 2. The molecule has 4 rings (SSSR count). The Balaban J connectivity index is 1.51. The van der Waals surface area contributed by atoms with Crippen molar-refractivity contribution in [2.24, 2.45) is 0 Å². The number of esters is 1. The predicted octanol–water partition coefficient (Wildman–Crippen LogP) is 0.607. The first kappa shape index (κ1) is 20.1. The lowest BCUT2D eigenvalue weighted by molar-refractivity contribution is -0.154. The van der Waals surface area contributed by atoms with Crippen molar-refractivity contribution in [2.75, 3.05) is 16.8 Å². The first-order valence-electron chi connectivity index (χ1n) is 9.47. The number of benzene rings is 2. The third-order valence-electron chi connectivity index (χ3n) is 4.86. The molecule has 0 bridgehead atoms. The topological polar surface area (TPSA) is 131 Å². The van der Waals surface area contributed by atoms with E-state index in [1.807, 2.05) is 0 Å². The lowest BCUT2D eigenvalue weighted by Crippen LogP contribution is -2.47. The molecule has 1 aliphatic heterocycles. The van der Waals surface area contributed by atoms with Crippen molar-refractivity contribution >= 4 is 39.9 Å². The molecule has 158 valence electrons. The maximum atomic E-state index is 12.8. The number of anilines is 2. The van der Waals surface area contributed by atoms with Gasteiger partial charge in [0.15, 0.2) is 6.10 Å². The number of hydrogen-bond donors (Lipinski definition) is 2. The number of amides is 2. The number of fused-ring (bicyclic) bond motifs is 2. The van der Waals surface area contributed by atoms with Crippen molar-refractivity contribution in [3.05, 3.63) is 69.2 Å². The summed E-state index contributed by atoms with van der Waals surface area (Å²) in [6.07, 6.45) is -1.21. The fraction of sp³-hybridized carbons (Fsp3) is 0.190. The first-order chi connectivity index (χ1) is 14.8. The van der Waals surface area contributed by atoms with Gasteiger partial charge >= 0.3 is 5.97 Å². The molecule has 3 aromatic rings. The van der Waals surface area contributed by atoms with Gasteiger partial charge in [-0.2, -0.15) is 0 Å². The summed E-state index contributed by atoms with van der Waals surface area (Å²) in [6.45, 7) is 0.587. The predicted molar refractivity (Wildman–Crippen MR) is 112 cm³/mol. The summed E-state index contributed by atoms with van der Waals surface area (Å²) in [4.78, 5) is 63.0. The fourth-order valence-electron chi connectivity index (χ4n) is 3.42. The molecule has 0 unspecified atom stereocenters. The Morgan fingerprint density at radius 2 is 1.71 bits per heavy atom. The number of rotatable bonds is 4. The van der Waals surface area contributed by atoms with E-state index < -0.39 is 35.6 Å². The van der Waals surface area contributed by atoms with Crippen molar-refractivity contribution in [2.45, 2.75) is 19.6 Å². The molecule has 0 fully saturated rings. The number of H-pyrrole nitrogens is 1. The highest BCUT2D eigenvalue weighted by Gasteiger charge is 2.31. The Hall–Kier alpha value is -4.21. The molecule has 1 aromatic heterocycles. The minimum atomic E-state index is -1.21. The normalized spacial score (nSPS) is 14.0. The first-order valence-corrected chi connectivity index (χ1v) is 9.47. The fourth-order valence-corrected chi connectivity index (χ4v) is 3.42. The minimum Gasteiger partial charge on any atom is -0.451 e. The minimum absolute atomic E-state index is 0.166. The molecule has 2 N–H and O–H groups in total. The van der Waals surface area contributed by atoms with E-state index >= 15 is 0 Å². The van der Waals surface area contributed by atoms with Gasteiger partial charge < -0.3 is 10.1 Å². The van der Waals surface area contributed by atoms with Crippen molar-refractivity contribution in [3.8, 4) is 0 Å². The highest BCUT2D eigenvalue weighted by Crippen LogP contribution is 2.29. The lowest BCUT2D eigenvalue weighted by Gasteiger charge is -2.30. The monoisotopic (exact) mass is 422 g/mol. The van der Waals surface area contributed by atoms with Crippen molar-refractivity contribution in [3.63, 3.8) is 0 Å². The zero-order valence-electron chi connectivity index (χ0n) is 16.5. The van der Waals surface area contributed by atoms with Gasteiger partial charge in [0.1, 0.15) is 13.1 Å². The van der Waals surface area contributed by atoms with Crippen LogP contribution in [0.2, 0.25) is 0 Å². The molecule has 2 heterocycles. The highest BCUT2D eigenvalue weighted by molar-refractivity contribution is 6.11. The Kier molecular flexibility index (Phi) is 5.12. The van der Waals surface area contributed by atoms with Gasteiger partial charge in [-0.3, -0.25) is 34.0 Å². The summed E-state index contributed by atoms with van der Waals surface area (Å²) in [7, 11) is 0. The van der Waals surface area contributed by atoms with E-state index in [0.717, 1.165) is 4.68 Å². The third-order valence-corrected chi connectivity index (χ3v) is 4.86. The second-order valence-electron chi connectivity index (χ2n) is 7.00. The van der Waals surface area contributed by atoms with Crippen LogP contribution < -0.4 is 21.3 Å². The molecular formula is C21H18N4O6. The summed E-state index contributed by atoms with van der Waals surface area (Å²) < 4.78 is 6.02. The lowest BCUT2D eigenvalue weighted by atomic mass is 10.1. The summed E-state index contributed by atoms with van der Waals surface area (Å²) in [5, 5.41) is 5.38. The Labute approximate surface area is 175 Å². The van der Waals surface area contributed by atoms with Gasteiger partial charge in [-0.15, -0.1) is 0 Å². The number of para-hydroxylation sites is 2. The number of carbonyl (C=O) groups is 3. The van der Waals surface area contributed by atoms with Gasteiger partial charge in [-0.25, -0.2) is 4.68 Å². The van der Waals surface area contributed by atoms with Crippen LogP contribution in [0.1, 0.15) is 6.92 Å². The number of hydrogen-bond acceptors (Lipinski definition) is 6. The molecule has 0 saturated heterocycles. The van der Waals surface area contributed by atoms with Crippen LogP contribution in [0.5, 0.6) is 0 Å². The van der Waals surface area contributed by atoms with Crippen LogP contribution >= 0.6 is 0 Å². The van der Waals surface area contributed by atoms with Crippen molar-refractivity contribution in [1.29, 1.82) is 0 Å². The Morgan fingerprint density at radius 1 is 1.03 bits per heavy atom. The molecule has 2 amide bonds. The summed E-state index contributed by atoms with van der Waals surface area (Å²) in [6, 6.07) is 13.0. The second kappa shape index (κ2) is 7.90. The van der Waals surface area contributed by atoms with Crippen LogP contribution in [0, 0.1) is 0 Å². The number of aromatic amines is 1. The zero-order chi connectivity index (χ0) is 22.1. The standard InChI is InChI=1S/C21H18N4O6/c1-12(20(29)24-10-17(26)22-15-8-4-5-9-16(15)24)31-18(27)11-25-21(30)14-7-3-2-6-13(14)19(28)23-25/h2-9,12H,10-11H2,1H3,(H,22,26)(H,23,28)/t12-/m0/s1. The molecule has 1 atom stereocenters. The van der Waals surface area contributed by atoms with Crippen LogP contribution in [-0.2, 0) is 25.7 Å². The molecule has 31 heavy (non-hydrogen) atoms. The molecular weight excluding hydrogens is 404 g/mol. The molecule has 0 radical (unpaired) electrons. The van der Waals surface area contributed by atoms with Crippen LogP contribution in [0.25, 0.3) is 10.8 Å². The third kappa shape index (κ3) is 3.82. The number of aromatic nitrogens is 2. The molecule has 10 heteroatoms. The van der Waals surface area contributed by atoms with E-state index in [1.54, 1.807) is 36.4 Å². The van der Waals surface area contributed by atoms with E-state index in [-0.39, 0.29) is 23.2 Å². The molecule has 2 aromatic carbocycles. The molecule has 0 aliphatic carbocycles. The van der Waals surface area contributed by atoms with Gasteiger partial charge in [0, 0.05) is 0 Å². The summed E-state index contributed by atoms with van der Waals surface area (Å²) in [5.74, 6) is -1.84. The summed E-state index contributed by atoms with van der Waals surface area (Å²) >= 11 is 0. The van der Waals surface area contributed by atoms with Gasteiger partial charge in [-0.05, 0) is 31.2 Å². The number of nitrogens with zero attached hydrogens (tertiary/aromatic N) is 2. The SMILES string of the molecule is C[C@H](OC(=O)Cn1[nH]c(=O)c2ccccc2c1=O)C(=O)N1CC(=O)Nc2ccccc21. The average molecular weight is 422 g/mol. The Bertz CT molecular complexity index is 1330. The molecule has 0 spiro atoms.